The topological polar surface area (TPSA) is 87.5 Å². The smallest absolute Gasteiger partial charge is 0.335 e. The van der Waals surface area contributed by atoms with E-state index in [1.165, 1.54) is 37.8 Å². The largest absolute Gasteiger partial charge is 0.478 e. The normalized spacial score (nSPS) is 12.2. The highest BCUT2D eigenvalue weighted by atomic mass is 16.4. The number of aromatic nitrogens is 1. The second kappa shape index (κ2) is 11.9. The van der Waals surface area contributed by atoms with Crippen molar-refractivity contribution in [2.75, 3.05) is 0 Å². The van der Waals surface area contributed by atoms with Gasteiger partial charge >= 0.3 is 5.97 Å². The molecule has 0 aliphatic heterocycles. The lowest BCUT2D eigenvalue weighted by Crippen LogP contribution is -2.07. The van der Waals surface area contributed by atoms with Gasteiger partial charge in [0.1, 0.15) is 5.69 Å². The summed E-state index contributed by atoms with van der Waals surface area (Å²) in [6, 6.07) is 11.0. The van der Waals surface area contributed by atoms with Crippen molar-refractivity contribution in [2.45, 2.75) is 58.0 Å². The van der Waals surface area contributed by atoms with Crippen LogP contribution in [-0.4, -0.2) is 33.1 Å². The van der Waals surface area contributed by atoms with E-state index in [0.717, 1.165) is 12.8 Å². The van der Waals surface area contributed by atoms with Gasteiger partial charge in [0.25, 0.3) is 0 Å². The minimum atomic E-state index is -1.08. The third-order valence-corrected chi connectivity index (χ3v) is 4.72. The van der Waals surface area contributed by atoms with E-state index in [0.29, 0.717) is 12.1 Å². The van der Waals surface area contributed by atoms with E-state index in [4.69, 9.17) is 5.11 Å². The van der Waals surface area contributed by atoms with Crippen LogP contribution in [0.2, 0.25) is 0 Å². The lowest BCUT2D eigenvalue weighted by molar-refractivity contribution is 0.0697. The number of hydrogen-bond donors (Lipinski definition) is 2. The van der Waals surface area contributed by atoms with Crippen molar-refractivity contribution >= 4 is 17.8 Å². The van der Waals surface area contributed by atoms with Crippen LogP contribution in [0.25, 0.3) is 6.08 Å². The Balaban J connectivity index is 1.95. The average Bonchev–Trinajstić information content (AvgIpc) is 2.74. The molecule has 5 nitrogen and oxygen atoms in total. The van der Waals surface area contributed by atoms with Crippen LogP contribution in [0.5, 0.6) is 0 Å². The molecule has 154 valence electrons. The third kappa shape index (κ3) is 7.62. The summed E-state index contributed by atoms with van der Waals surface area (Å²) in [5, 5.41) is 19.2. The molecule has 0 spiro atoms. The molecule has 2 N–H and O–H groups in total. The van der Waals surface area contributed by atoms with E-state index in [1.54, 1.807) is 42.5 Å². The Bertz CT molecular complexity index is 844. The van der Waals surface area contributed by atoms with E-state index in [-0.39, 0.29) is 22.6 Å². The number of aromatic carboxylic acids is 1. The van der Waals surface area contributed by atoms with E-state index < -0.39 is 12.1 Å². The van der Waals surface area contributed by atoms with Crippen molar-refractivity contribution in [1.82, 2.24) is 4.98 Å². The Kier molecular flexibility index (Phi) is 9.25. The fourth-order valence-corrected chi connectivity index (χ4v) is 3.05. The zero-order chi connectivity index (χ0) is 21.1. The van der Waals surface area contributed by atoms with Gasteiger partial charge in [0.05, 0.1) is 17.4 Å². The number of rotatable bonds is 12. The summed E-state index contributed by atoms with van der Waals surface area (Å²) in [6.07, 6.45) is 10.7. The number of aliphatic hydroxyl groups excluding tert-OH is 1. The number of carboxylic acid groups (broad SMARTS) is 1. The molecular weight excluding hydrogens is 366 g/mol. The van der Waals surface area contributed by atoms with Crippen molar-refractivity contribution in [2.24, 2.45) is 0 Å². The van der Waals surface area contributed by atoms with Gasteiger partial charge in [0.2, 0.25) is 5.78 Å². The van der Waals surface area contributed by atoms with Gasteiger partial charge in [-0.3, -0.25) is 4.79 Å². The zero-order valence-electron chi connectivity index (χ0n) is 16.9. The van der Waals surface area contributed by atoms with Gasteiger partial charge < -0.3 is 10.2 Å². The van der Waals surface area contributed by atoms with Gasteiger partial charge in [0.15, 0.2) is 0 Å². The number of aliphatic hydroxyl groups is 1. The first-order valence-electron chi connectivity index (χ1n) is 10.2. The molecule has 0 aliphatic rings. The third-order valence-electron chi connectivity index (χ3n) is 4.72. The van der Waals surface area contributed by atoms with Crippen LogP contribution < -0.4 is 0 Å². The minimum absolute atomic E-state index is 0.0599. The van der Waals surface area contributed by atoms with Crippen molar-refractivity contribution in [3.8, 4) is 0 Å². The van der Waals surface area contributed by atoms with Crippen LogP contribution in [0.1, 0.15) is 84.0 Å². The summed E-state index contributed by atoms with van der Waals surface area (Å²) >= 11 is 0. The standard InChI is InChI=1S/C24H29NO4/c1-2-3-4-5-6-7-13-21(26)16-15-20-12-9-14-22(25-20)23(27)18-10-8-11-19(17-18)24(28)29/h8-12,14-17,21,26H,2-7,13H2,1H3,(H,28,29)/b16-15+/t21-/m0/s1. The van der Waals surface area contributed by atoms with Crippen molar-refractivity contribution < 1.29 is 19.8 Å². The number of pyridine rings is 1. The van der Waals surface area contributed by atoms with Crippen LogP contribution in [0.4, 0.5) is 0 Å². The molecule has 5 heteroatoms. The predicted molar refractivity (Wildman–Crippen MR) is 114 cm³/mol. The maximum atomic E-state index is 12.6. The van der Waals surface area contributed by atoms with Gasteiger partial charge in [-0.15, -0.1) is 0 Å². The van der Waals surface area contributed by atoms with Gasteiger partial charge in [-0.1, -0.05) is 69.7 Å². The Labute approximate surface area is 172 Å². The summed E-state index contributed by atoms with van der Waals surface area (Å²) in [6.45, 7) is 2.19. The number of carbonyl (C=O) groups is 2. The second-order valence-corrected chi connectivity index (χ2v) is 7.15. The lowest BCUT2D eigenvalue weighted by atomic mass is 10.0. The molecule has 0 aliphatic carbocycles. The van der Waals surface area contributed by atoms with Crippen LogP contribution in [0, 0.1) is 0 Å². The molecule has 1 atom stereocenters. The molecule has 0 unspecified atom stereocenters. The Morgan fingerprint density at radius 1 is 1.00 bits per heavy atom. The first-order valence-corrected chi connectivity index (χ1v) is 10.2. The molecule has 0 saturated heterocycles. The zero-order valence-corrected chi connectivity index (χ0v) is 16.9. The molecular formula is C24H29NO4. The molecule has 2 aromatic rings. The van der Waals surface area contributed by atoms with Crippen LogP contribution in [-0.2, 0) is 0 Å². The average molecular weight is 395 g/mol. The van der Waals surface area contributed by atoms with E-state index in [2.05, 4.69) is 11.9 Å². The Morgan fingerprint density at radius 2 is 1.69 bits per heavy atom. The summed E-state index contributed by atoms with van der Waals surface area (Å²) in [5.41, 5.74) is 1.15. The molecule has 0 saturated carbocycles. The van der Waals surface area contributed by atoms with Gasteiger partial charge in [-0.05, 0) is 36.8 Å². The Morgan fingerprint density at radius 3 is 2.45 bits per heavy atom. The SMILES string of the molecule is CCCCCCCC[C@H](O)/C=C/c1cccc(C(=O)c2cccc(C(=O)O)c2)n1. The second-order valence-electron chi connectivity index (χ2n) is 7.15. The highest BCUT2D eigenvalue weighted by molar-refractivity contribution is 6.08. The number of carboxylic acids is 1. The maximum Gasteiger partial charge on any atom is 0.335 e. The molecule has 0 radical (unpaired) electrons. The molecule has 1 aromatic carbocycles. The number of carbonyl (C=O) groups excluding carboxylic acids is 1. The van der Waals surface area contributed by atoms with Crippen molar-refractivity contribution in [3.05, 3.63) is 71.1 Å². The minimum Gasteiger partial charge on any atom is -0.478 e. The number of benzene rings is 1. The van der Waals surface area contributed by atoms with Crippen LogP contribution >= 0.6 is 0 Å². The fourth-order valence-electron chi connectivity index (χ4n) is 3.05. The maximum absolute atomic E-state index is 12.6. The van der Waals surface area contributed by atoms with Gasteiger partial charge in [-0.2, -0.15) is 0 Å². The van der Waals surface area contributed by atoms with Crippen molar-refractivity contribution in [1.29, 1.82) is 0 Å². The number of hydrogen-bond acceptors (Lipinski definition) is 4. The molecule has 0 bridgehead atoms. The summed E-state index contributed by atoms with van der Waals surface area (Å²) in [5.74, 6) is -1.42. The first-order chi connectivity index (χ1) is 14.0. The van der Waals surface area contributed by atoms with Gasteiger partial charge in [-0.25, -0.2) is 9.78 Å². The fraction of sp³-hybridized carbons (Fsp3) is 0.375. The molecule has 0 amide bonds. The van der Waals surface area contributed by atoms with E-state index >= 15 is 0 Å². The first kappa shape index (κ1) is 22.5. The molecule has 1 aromatic heterocycles. The molecule has 29 heavy (non-hydrogen) atoms. The number of ketones is 1. The number of unbranched alkanes of at least 4 members (excludes halogenated alkanes) is 5. The van der Waals surface area contributed by atoms with Gasteiger partial charge in [0, 0.05) is 5.56 Å². The summed E-state index contributed by atoms with van der Waals surface area (Å²) in [4.78, 5) is 28.1. The molecule has 2 rings (SSSR count). The summed E-state index contributed by atoms with van der Waals surface area (Å²) < 4.78 is 0. The van der Waals surface area contributed by atoms with E-state index in [9.17, 15) is 14.7 Å². The Hall–Kier alpha value is -2.79. The van der Waals surface area contributed by atoms with E-state index in [1.807, 2.05) is 0 Å². The molecule has 0 fully saturated rings. The quantitative estimate of drug-likeness (QED) is 0.384. The predicted octanol–water partition coefficient (Wildman–Crippen LogP) is 5.14. The van der Waals surface area contributed by atoms with Crippen LogP contribution in [0.3, 0.4) is 0 Å². The lowest BCUT2D eigenvalue weighted by Gasteiger charge is -2.06. The monoisotopic (exact) mass is 395 g/mol. The number of nitrogens with zero attached hydrogens (tertiary/aromatic N) is 1. The molecule has 1 heterocycles. The summed E-state index contributed by atoms with van der Waals surface area (Å²) in [7, 11) is 0. The highest BCUT2D eigenvalue weighted by Gasteiger charge is 2.13. The van der Waals surface area contributed by atoms with Crippen molar-refractivity contribution in [3.63, 3.8) is 0 Å². The van der Waals surface area contributed by atoms with Crippen LogP contribution in [0.15, 0.2) is 48.5 Å². The highest BCUT2D eigenvalue weighted by Crippen LogP contribution is 2.13.